The van der Waals surface area contributed by atoms with E-state index in [-0.39, 0.29) is 5.91 Å². The molecule has 1 heterocycles. The summed E-state index contributed by atoms with van der Waals surface area (Å²) in [7, 11) is 1.66. The number of nitrogens with zero attached hydrogens (tertiary/aromatic N) is 2. The SMILES string of the molecule is CNC(=O)C(C)(C)CNCc1cnn(-c2ccccc2)c1. The molecule has 21 heavy (non-hydrogen) atoms. The van der Waals surface area contributed by atoms with Gasteiger partial charge >= 0.3 is 0 Å². The summed E-state index contributed by atoms with van der Waals surface area (Å²) in [5, 5.41) is 10.3. The first-order chi connectivity index (χ1) is 10.0. The average molecular weight is 286 g/mol. The number of aromatic nitrogens is 2. The molecule has 0 fully saturated rings. The lowest BCUT2D eigenvalue weighted by Crippen LogP contribution is -2.41. The van der Waals surface area contributed by atoms with Crippen LogP contribution in [0.15, 0.2) is 42.7 Å². The van der Waals surface area contributed by atoms with Gasteiger partial charge < -0.3 is 10.6 Å². The molecular formula is C16H22N4O. The summed E-state index contributed by atoms with van der Waals surface area (Å²) in [6.07, 6.45) is 3.84. The third kappa shape index (κ3) is 3.92. The molecule has 0 saturated carbocycles. The van der Waals surface area contributed by atoms with Crippen molar-refractivity contribution < 1.29 is 4.79 Å². The first-order valence-electron chi connectivity index (χ1n) is 7.05. The van der Waals surface area contributed by atoms with Crippen molar-refractivity contribution in [2.24, 2.45) is 5.41 Å². The van der Waals surface area contributed by atoms with Gasteiger partial charge in [-0.3, -0.25) is 4.79 Å². The zero-order chi connectivity index (χ0) is 15.3. The van der Waals surface area contributed by atoms with E-state index < -0.39 is 5.41 Å². The van der Waals surface area contributed by atoms with Crippen molar-refractivity contribution in [3.8, 4) is 5.69 Å². The van der Waals surface area contributed by atoms with E-state index in [9.17, 15) is 4.79 Å². The molecule has 0 radical (unpaired) electrons. The first-order valence-corrected chi connectivity index (χ1v) is 7.05. The Morgan fingerprint density at radius 3 is 2.67 bits per heavy atom. The van der Waals surface area contributed by atoms with E-state index in [1.165, 1.54) is 0 Å². The Hall–Kier alpha value is -2.14. The van der Waals surface area contributed by atoms with Crippen LogP contribution in [0.4, 0.5) is 0 Å². The van der Waals surface area contributed by atoms with E-state index in [0.717, 1.165) is 11.3 Å². The smallest absolute Gasteiger partial charge is 0.226 e. The Morgan fingerprint density at radius 1 is 1.29 bits per heavy atom. The van der Waals surface area contributed by atoms with Crippen LogP contribution in [0.25, 0.3) is 5.69 Å². The molecule has 1 aromatic carbocycles. The highest BCUT2D eigenvalue weighted by Crippen LogP contribution is 2.14. The van der Waals surface area contributed by atoms with E-state index in [4.69, 9.17) is 0 Å². The zero-order valence-electron chi connectivity index (χ0n) is 12.8. The Kier molecular flexibility index (Phi) is 4.75. The van der Waals surface area contributed by atoms with Gasteiger partial charge in [0, 0.05) is 31.9 Å². The largest absolute Gasteiger partial charge is 0.359 e. The van der Waals surface area contributed by atoms with Crippen LogP contribution in [0.5, 0.6) is 0 Å². The molecule has 2 N–H and O–H groups in total. The standard InChI is InChI=1S/C16H22N4O/c1-16(2,15(21)17-3)12-18-9-13-10-19-20(11-13)14-7-5-4-6-8-14/h4-8,10-11,18H,9,12H2,1-3H3,(H,17,21). The Morgan fingerprint density at radius 2 is 2.00 bits per heavy atom. The van der Waals surface area contributed by atoms with Crippen LogP contribution < -0.4 is 10.6 Å². The van der Waals surface area contributed by atoms with Crippen LogP contribution in [0, 0.1) is 5.41 Å². The maximum Gasteiger partial charge on any atom is 0.226 e. The molecule has 0 spiro atoms. The van der Waals surface area contributed by atoms with Crippen molar-refractivity contribution in [2.75, 3.05) is 13.6 Å². The van der Waals surface area contributed by atoms with Gasteiger partial charge in [0.15, 0.2) is 0 Å². The summed E-state index contributed by atoms with van der Waals surface area (Å²) in [5.74, 6) is 0.0370. The lowest BCUT2D eigenvalue weighted by molar-refractivity contribution is -0.128. The fourth-order valence-corrected chi connectivity index (χ4v) is 2.11. The van der Waals surface area contributed by atoms with E-state index in [2.05, 4.69) is 15.7 Å². The molecule has 5 nitrogen and oxygen atoms in total. The van der Waals surface area contributed by atoms with Crippen molar-refractivity contribution in [1.29, 1.82) is 0 Å². The molecule has 0 atom stereocenters. The number of para-hydroxylation sites is 1. The summed E-state index contributed by atoms with van der Waals surface area (Å²) in [6.45, 7) is 5.15. The topological polar surface area (TPSA) is 59.0 Å². The second-order valence-electron chi connectivity index (χ2n) is 5.70. The summed E-state index contributed by atoms with van der Waals surface area (Å²) < 4.78 is 1.85. The highest BCUT2D eigenvalue weighted by Gasteiger charge is 2.25. The number of hydrogen-bond acceptors (Lipinski definition) is 3. The molecule has 2 rings (SSSR count). The number of rotatable bonds is 6. The van der Waals surface area contributed by atoms with Gasteiger partial charge in [-0.05, 0) is 26.0 Å². The quantitative estimate of drug-likeness (QED) is 0.850. The average Bonchev–Trinajstić information content (AvgIpc) is 2.96. The molecule has 0 aliphatic heterocycles. The highest BCUT2D eigenvalue weighted by molar-refractivity contribution is 5.81. The van der Waals surface area contributed by atoms with Crippen LogP contribution in [0.2, 0.25) is 0 Å². The van der Waals surface area contributed by atoms with Crippen molar-refractivity contribution in [3.05, 3.63) is 48.3 Å². The molecule has 1 aromatic heterocycles. The fraction of sp³-hybridized carbons (Fsp3) is 0.375. The van der Waals surface area contributed by atoms with E-state index in [1.54, 1.807) is 7.05 Å². The summed E-state index contributed by atoms with van der Waals surface area (Å²) >= 11 is 0. The molecule has 112 valence electrons. The van der Waals surface area contributed by atoms with E-state index in [1.807, 2.05) is 61.3 Å². The normalized spacial score (nSPS) is 11.4. The molecule has 0 unspecified atom stereocenters. The van der Waals surface area contributed by atoms with Crippen molar-refractivity contribution in [2.45, 2.75) is 20.4 Å². The lowest BCUT2D eigenvalue weighted by Gasteiger charge is -2.22. The van der Waals surface area contributed by atoms with Crippen LogP contribution in [0.1, 0.15) is 19.4 Å². The third-order valence-corrected chi connectivity index (χ3v) is 3.39. The predicted molar refractivity (Wildman–Crippen MR) is 83.1 cm³/mol. The lowest BCUT2D eigenvalue weighted by atomic mass is 9.92. The van der Waals surface area contributed by atoms with E-state index >= 15 is 0 Å². The minimum absolute atomic E-state index is 0.0370. The molecule has 0 bridgehead atoms. The number of nitrogens with one attached hydrogen (secondary N) is 2. The maximum absolute atomic E-state index is 11.7. The van der Waals surface area contributed by atoms with Gasteiger partial charge in [-0.1, -0.05) is 18.2 Å². The van der Waals surface area contributed by atoms with Crippen LogP contribution in [-0.4, -0.2) is 29.3 Å². The van der Waals surface area contributed by atoms with Gasteiger partial charge in [-0.2, -0.15) is 5.10 Å². The minimum Gasteiger partial charge on any atom is -0.359 e. The van der Waals surface area contributed by atoms with Crippen molar-refractivity contribution >= 4 is 5.91 Å². The number of benzene rings is 1. The van der Waals surface area contributed by atoms with Gasteiger partial charge in [-0.15, -0.1) is 0 Å². The van der Waals surface area contributed by atoms with Crippen molar-refractivity contribution in [1.82, 2.24) is 20.4 Å². The summed E-state index contributed by atoms with van der Waals surface area (Å²) in [6, 6.07) is 9.98. The number of hydrogen-bond donors (Lipinski definition) is 2. The maximum atomic E-state index is 11.7. The molecule has 2 aromatic rings. The van der Waals surface area contributed by atoms with Gasteiger partial charge in [0.05, 0.1) is 17.3 Å². The number of carbonyl (C=O) groups is 1. The molecule has 0 aliphatic carbocycles. The molecule has 5 heteroatoms. The van der Waals surface area contributed by atoms with Gasteiger partial charge in [0.1, 0.15) is 0 Å². The second-order valence-corrected chi connectivity index (χ2v) is 5.70. The molecule has 0 saturated heterocycles. The minimum atomic E-state index is -0.426. The second kappa shape index (κ2) is 6.54. The van der Waals surface area contributed by atoms with Gasteiger partial charge in [-0.25, -0.2) is 4.68 Å². The Labute approximate surface area is 125 Å². The molecule has 1 amide bonds. The monoisotopic (exact) mass is 286 g/mol. The van der Waals surface area contributed by atoms with Gasteiger partial charge in [0.25, 0.3) is 0 Å². The number of amides is 1. The first kappa shape index (κ1) is 15.3. The number of carbonyl (C=O) groups excluding carboxylic acids is 1. The van der Waals surface area contributed by atoms with Crippen LogP contribution in [0.3, 0.4) is 0 Å². The van der Waals surface area contributed by atoms with Gasteiger partial charge in [0.2, 0.25) is 5.91 Å². The Balaban J connectivity index is 1.91. The zero-order valence-corrected chi connectivity index (χ0v) is 12.8. The summed E-state index contributed by atoms with van der Waals surface area (Å²) in [4.78, 5) is 11.7. The molecule has 0 aliphatic rings. The Bertz CT molecular complexity index is 589. The van der Waals surface area contributed by atoms with Crippen LogP contribution >= 0.6 is 0 Å². The summed E-state index contributed by atoms with van der Waals surface area (Å²) in [5.41, 5.74) is 1.70. The predicted octanol–water partition coefficient (Wildman–Crippen LogP) is 1.73. The third-order valence-electron chi connectivity index (χ3n) is 3.39. The fourth-order valence-electron chi connectivity index (χ4n) is 2.11. The van der Waals surface area contributed by atoms with Crippen LogP contribution in [-0.2, 0) is 11.3 Å². The van der Waals surface area contributed by atoms with E-state index in [0.29, 0.717) is 13.1 Å². The highest BCUT2D eigenvalue weighted by atomic mass is 16.2. The van der Waals surface area contributed by atoms with Crippen molar-refractivity contribution in [3.63, 3.8) is 0 Å². The molecular weight excluding hydrogens is 264 g/mol.